The third kappa shape index (κ3) is 3.33. The van der Waals surface area contributed by atoms with E-state index >= 15 is 0 Å². The first-order chi connectivity index (χ1) is 9.54. The number of benzene rings is 1. The van der Waals surface area contributed by atoms with Gasteiger partial charge in [0.1, 0.15) is 0 Å². The number of carbonyl (C=O) groups excluding carboxylic acids is 1. The van der Waals surface area contributed by atoms with Crippen LogP contribution in [0.15, 0.2) is 24.3 Å². The van der Waals surface area contributed by atoms with Gasteiger partial charge in [0.25, 0.3) is 0 Å². The smallest absolute Gasteiger partial charge is 0.230 e. The fraction of sp³-hybridized carbons (Fsp3) is 0.562. The summed E-state index contributed by atoms with van der Waals surface area (Å²) in [4.78, 5) is 12.6. The molecule has 1 amide bonds. The van der Waals surface area contributed by atoms with E-state index in [0.717, 1.165) is 31.2 Å². The highest BCUT2D eigenvalue weighted by Gasteiger charge is 2.42. The molecule has 1 saturated carbocycles. The molecule has 1 aliphatic rings. The highest BCUT2D eigenvalue weighted by molar-refractivity contribution is 6.30. The van der Waals surface area contributed by atoms with E-state index in [1.165, 1.54) is 0 Å². The number of amides is 1. The van der Waals surface area contributed by atoms with E-state index in [1.807, 2.05) is 24.3 Å². The zero-order valence-electron chi connectivity index (χ0n) is 11.9. The van der Waals surface area contributed by atoms with E-state index in [4.69, 9.17) is 11.6 Å². The van der Waals surface area contributed by atoms with Crippen molar-refractivity contribution in [1.82, 2.24) is 5.32 Å². The van der Waals surface area contributed by atoms with Crippen molar-refractivity contribution in [3.63, 3.8) is 0 Å². The average molecular weight is 296 g/mol. The maximum atomic E-state index is 12.6. The van der Waals surface area contributed by atoms with Crippen LogP contribution in [-0.4, -0.2) is 23.7 Å². The van der Waals surface area contributed by atoms with E-state index in [9.17, 15) is 9.90 Å². The van der Waals surface area contributed by atoms with Crippen LogP contribution in [0.1, 0.15) is 44.6 Å². The molecule has 1 atom stereocenters. The van der Waals surface area contributed by atoms with Crippen LogP contribution in [0.2, 0.25) is 5.02 Å². The van der Waals surface area contributed by atoms with Crippen LogP contribution in [0.5, 0.6) is 0 Å². The minimum Gasteiger partial charge on any atom is -0.393 e. The summed E-state index contributed by atoms with van der Waals surface area (Å²) < 4.78 is 0. The summed E-state index contributed by atoms with van der Waals surface area (Å²) in [5, 5.41) is 12.9. The molecule has 4 heteroatoms. The Balaban J connectivity index is 2.15. The molecule has 1 fully saturated rings. The summed E-state index contributed by atoms with van der Waals surface area (Å²) in [6.07, 6.45) is 4.06. The van der Waals surface area contributed by atoms with Crippen molar-refractivity contribution in [2.75, 3.05) is 6.54 Å². The monoisotopic (exact) mass is 295 g/mol. The molecule has 0 bridgehead atoms. The first-order valence-electron chi connectivity index (χ1n) is 7.27. The van der Waals surface area contributed by atoms with E-state index < -0.39 is 5.41 Å². The van der Waals surface area contributed by atoms with Crippen LogP contribution >= 0.6 is 11.6 Å². The van der Waals surface area contributed by atoms with Gasteiger partial charge in [-0.15, -0.1) is 0 Å². The summed E-state index contributed by atoms with van der Waals surface area (Å²) in [6.45, 7) is 2.24. The second-order valence-corrected chi connectivity index (χ2v) is 6.13. The number of nitrogens with one attached hydrogen (secondary N) is 1. The Morgan fingerprint density at radius 3 is 2.75 bits per heavy atom. The minimum absolute atomic E-state index is 0.0675. The molecule has 2 N–H and O–H groups in total. The highest BCUT2D eigenvalue weighted by Crippen LogP contribution is 2.42. The molecule has 1 aromatic carbocycles. The number of halogens is 1. The van der Waals surface area contributed by atoms with Crippen molar-refractivity contribution >= 4 is 17.5 Å². The van der Waals surface area contributed by atoms with Crippen molar-refractivity contribution in [3.8, 4) is 0 Å². The molecule has 0 aromatic heterocycles. The third-order valence-corrected chi connectivity index (χ3v) is 4.35. The van der Waals surface area contributed by atoms with E-state index in [2.05, 4.69) is 5.32 Å². The summed E-state index contributed by atoms with van der Waals surface area (Å²) in [5.74, 6) is 0.0675. The largest absolute Gasteiger partial charge is 0.393 e. The van der Waals surface area contributed by atoms with Gasteiger partial charge in [0, 0.05) is 11.6 Å². The lowest BCUT2D eigenvalue weighted by atomic mass is 9.78. The van der Waals surface area contributed by atoms with Gasteiger partial charge in [0.2, 0.25) is 5.91 Å². The minimum atomic E-state index is -0.441. The molecule has 0 radical (unpaired) electrons. The highest BCUT2D eigenvalue weighted by atomic mass is 35.5. The van der Waals surface area contributed by atoms with Crippen molar-refractivity contribution in [2.45, 2.75) is 50.5 Å². The van der Waals surface area contributed by atoms with Crippen LogP contribution < -0.4 is 5.32 Å². The molecule has 0 spiro atoms. The van der Waals surface area contributed by atoms with Crippen molar-refractivity contribution in [2.24, 2.45) is 0 Å². The summed E-state index contributed by atoms with van der Waals surface area (Å²) in [7, 11) is 0. The lowest BCUT2D eigenvalue weighted by molar-refractivity contribution is -0.126. The lowest BCUT2D eigenvalue weighted by Crippen LogP contribution is -2.43. The van der Waals surface area contributed by atoms with Gasteiger partial charge in [0.05, 0.1) is 11.5 Å². The molecular weight excluding hydrogens is 274 g/mol. The maximum Gasteiger partial charge on any atom is 0.230 e. The van der Waals surface area contributed by atoms with Gasteiger partial charge in [-0.1, -0.05) is 36.6 Å². The zero-order valence-corrected chi connectivity index (χ0v) is 12.6. The van der Waals surface area contributed by atoms with Gasteiger partial charge < -0.3 is 10.4 Å². The van der Waals surface area contributed by atoms with Gasteiger partial charge in [-0.05, 0) is 43.9 Å². The number of carbonyl (C=O) groups is 1. The fourth-order valence-corrected chi connectivity index (χ4v) is 3.17. The van der Waals surface area contributed by atoms with Crippen LogP contribution in [-0.2, 0) is 10.2 Å². The van der Waals surface area contributed by atoms with Gasteiger partial charge in [-0.25, -0.2) is 0 Å². The third-order valence-electron chi connectivity index (χ3n) is 4.12. The van der Waals surface area contributed by atoms with Crippen molar-refractivity contribution in [1.29, 1.82) is 0 Å². The predicted molar refractivity (Wildman–Crippen MR) is 80.9 cm³/mol. The topological polar surface area (TPSA) is 49.3 Å². The Bertz CT molecular complexity index is 467. The summed E-state index contributed by atoms with van der Waals surface area (Å²) in [6, 6.07) is 7.63. The predicted octanol–water partition coefficient (Wildman–Crippen LogP) is 3.04. The first-order valence-corrected chi connectivity index (χ1v) is 7.65. The molecule has 20 heavy (non-hydrogen) atoms. The van der Waals surface area contributed by atoms with E-state index in [-0.39, 0.29) is 12.0 Å². The molecule has 0 saturated heterocycles. The average Bonchev–Trinajstić information content (AvgIpc) is 2.88. The van der Waals surface area contributed by atoms with E-state index in [1.54, 1.807) is 6.92 Å². The van der Waals surface area contributed by atoms with Gasteiger partial charge in [-0.3, -0.25) is 4.79 Å². The molecule has 1 aromatic rings. The summed E-state index contributed by atoms with van der Waals surface area (Å²) >= 11 is 6.07. The molecule has 1 unspecified atom stereocenters. The van der Waals surface area contributed by atoms with Gasteiger partial charge in [-0.2, -0.15) is 0 Å². The Morgan fingerprint density at radius 2 is 2.15 bits per heavy atom. The van der Waals surface area contributed by atoms with Crippen LogP contribution in [0.4, 0.5) is 0 Å². The number of hydrogen-bond acceptors (Lipinski definition) is 2. The number of rotatable bonds is 5. The fourth-order valence-electron chi connectivity index (χ4n) is 2.98. The quantitative estimate of drug-likeness (QED) is 0.877. The van der Waals surface area contributed by atoms with Gasteiger partial charge in [0.15, 0.2) is 0 Å². The second kappa shape index (κ2) is 6.59. The molecule has 110 valence electrons. The van der Waals surface area contributed by atoms with E-state index in [0.29, 0.717) is 18.0 Å². The number of aliphatic hydroxyl groups is 1. The summed E-state index contributed by atoms with van der Waals surface area (Å²) in [5.41, 5.74) is 0.570. The van der Waals surface area contributed by atoms with Crippen LogP contribution in [0, 0.1) is 0 Å². The standard InChI is InChI=1S/C16H22ClNO2/c1-12(19)7-10-18-15(20)16(8-2-3-9-16)13-5-4-6-14(17)11-13/h4-6,11-12,19H,2-3,7-10H2,1H3,(H,18,20). The first kappa shape index (κ1) is 15.3. The molecule has 3 nitrogen and oxygen atoms in total. The molecule has 0 aliphatic heterocycles. The Labute approximate surface area is 125 Å². The van der Waals surface area contributed by atoms with Crippen LogP contribution in [0.3, 0.4) is 0 Å². The van der Waals surface area contributed by atoms with Crippen molar-refractivity contribution in [3.05, 3.63) is 34.9 Å². The van der Waals surface area contributed by atoms with Gasteiger partial charge >= 0.3 is 0 Å². The Morgan fingerprint density at radius 1 is 1.45 bits per heavy atom. The number of hydrogen-bond donors (Lipinski definition) is 2. The van der Waals surface area contributed by atoms with Crippen molar-refractivity contribution < 1.29 is 9.90 Å². The SMILES string of the molecule is CC(O)CCNC(=O)C1(c2cccc(Cl)c2)CCCC1. The van der Waals surface area contributed by atoms with Crippen LogP contribution in [0.25, 0.3) is 0 Å². The Hall–Kier alpha value is -1.06. The molecule has 0 heterocycles. The molecule has 1 aliphatic carbocycles. The molecular formula is C16H22ClNO2. The normalized spacial score (nSPS) is 18.8. The second-order valence-electron chi connectivity index (χ2n) is 5.69. The number of aliphatic hydroxyl groups excluding tert-OH is 1. The zero-order chi connectivity index (χ0) is 14.6. The Kier molecular flexibility index (Phi) is 5.06. The maximum absolute atomic E-state index is 12.6. The lowest BCUT2D eigenvalue weighted by Gasteiger charge is -2.28. The molecule has 2 rings (SSSR count).